The number of aromatic nitrogens is 4. The summed E-state index contributed by atoms with van der Waals surface area (Å²) >= 11 is 0. The van der Waals surface area contributed by atoms with Crippen molar-refractivity contribution in [3.63, 3.8) is 0 Å². The lowest BCUT2D eigenvalue weighted by molar-refractivity contribution is -0.138. The molecule has 4 rings (SSSR count). The minimum atomic E-state index is -4.74. The average molecular weight is 528 g/mol. The summed E-state index contributed by atoms with van der Waals surface area (Å²) in [7, 11) is -4.15. The minimum absolute atomic E-state index is 0.0673. The van der Waals surface area contributed by atoms with Crippen LogP contribution in [0.25, 0.3) is 27.8 Å². The lowest BCUT2D eigenvalue weighted by Crippen LogP contribution is -2.25. The van der Waals surface area contributed by atoms with Gasteiger partial charge in [0.2, 0.25) is 0 Å². The van der Waals surface area contributed by atoms with Gasteiger partial charge in [0, 0.05) is 10.9 Å². The Bertz CT molecular complexity index is 1650. The highest BCUT2D eigenvalue weighted by atomic mass is 32.2. The molecule has 0 atom stereocenters. The second-order valence-corrected chi connectivity index (χ2v) is 9.81. The van der Waals surface area contributed by atoms with Crippen LogP contribution in [0.2, 0.25) is 0 Å². The molecule has 0 aliphatic carbocycles. The van der Waals surface area contributed by atoms with Gasteiger partial charge in [-0.2, -0.15) is 36.1 Å². The van der Waals surface area contributed by atoms with E-state index < -0.39 is 60.7 Å². The monoisotopic (exact) mass is 528 g/mol. The Labute approximate surface area is 198 Å². The van der Waals surface area contributed by atoms with Crippen LogP contribution in [0.4, 0.5) is 26.3 Å². The summed E-state index contributed by atoms with van der Waals surface area (Å²) in [4.78, 5) is 12.5. The molecule has 0 bridgehead atoms. The zero-order valence-corrected chi connectivity index (χ0v) is 18.9. The summed E-state index contributed by atoms with van der Waals surface area (Å²) in [5, 5.41) is 11.0. The lowest BCUT2D eigenvalue weighted by Gasteiger charge is -2.13. The van der Waals surface area contributed by atoms with Crippen LogP contribution in [-0.4, -0.2) is 34.1 Å². The third-order valence-electron chi connectivity index (χ3n) is 5.26. The van der Waals surface area contributed by atoms with Gasteiger partial charge in [-0.15, -0.1) is 10.2 Å². The third kappa shape index (κ3) is 4.67. The first kappa shape index (κ1) is 25.3. The molecule has 0 saturated heterocycles. The molecule has 0 aliphatic heterocycles. The van der Waals surface area contributed by atoms with E-state index in [0.717, 1.165) is 42.6 Å². The Morgan fingerprint density at radius 2 is 1.56 bits per heavy atom. The second-order valence-electron chi connectivity index (χ2n) is 7.56. The Morgan fingerprint density at radius 1 is 0.889 bits per heavy atom. The van der Waals surface area contributed by atoms with E-state index in [1.807, 2.05) is 0 Å². The van der Waals surface area contributed by atoms with Crippen LogP contribution in [-0.2, 0) is 22.2 Å². The quantitative estimate of drug-likeness (QED) is 0.357. The van der Waals surface area contributed by atoms with Crippen LogP contribution in [0.5, 0.6) is 0 Å². The van der Waals surface area contributed by atoms with Crippen molar-refractivity contribution >= 4 is 20.6 Å². The van der Waals surface area contributed by atoms with Crippen LogP contribution in [0.15, 0.2) is 64.4 Å². The van der Waals surface area contributed by atoms with Gasteiger partial charge in [-0.05, 0) is 30.3 Å². The molecule has 14 heteroatoms. The molecule has 0 amide bonds. The van der Waals surface area contributed by atoms with Gasteiger partial charge in [0.15, 0.2) is 15.7 Å². The number of benzene rings is 2. The van der Waals surface area contributed by atoms with Crippen LogP contribution in [0, 0.1) is 0 Å². The number of hydrogen-bond donors (Lipinski definition) is 0. The molecular weight excluding hydrogens is 514 g/mol. The molecule has 2 aromatic heterocycles. The van der Waals surface area contributed by atoms with E-state index in [2.05, 4.69) is 15.3 Å². The third-order valence-corrected chi connectivity index (χ3v) is 6.99. The first-order chi connectivity index (χ1) is 16.7. The molecule has 4 aromatic rings. The van der Waals surface area contributed by atoms with Crippen LogP contribution < -0.4 is 5.56 Å². The van der Waals surface area contributed by atoms with Crippen molar-refractivity contribution in [3.05, 3.63) is 76.2 Å². The molecule has 0 radical (unpaired) electrons. The van der Waals surface area contributed by atoms with Crippen molar-refractivity contribution in [2.75, 3.05) is 5.75 Å². The number of sulfone groups is 1. The highest BCUT2D eigenvalue weighted by Crippen LogP contribution is 2.33. The largest absolute Gasteiger partial charge is 0.416 e. The molecule has 0 spiro atoms. The topological polar surface area (TPSA) is 94.8 Å². The van der Waals surface area contributed by atoms with E-state index in [1.165, 1.54) is 13.0 Å². The first-order valence-corrected chi connectivity index (χ1v) is 11.8. The zero-order valence-electron chi connectivity index (χ0n) is 18.1. The standard InChI is InChI=1S/C22H14F6N4O3S/c1-2-36(34,35)18-10-17(12-4-3-5-14(8-12)21(23,24)25)30-31-19(18)32-20(33)16-9-15(22(26,27)28)7-6-13(16)11-29-32/h3-11H,2H2,1H3. The summed E-state index contributed by atoms with van der Waals surface area (Å²) in [6, 6.07) is 7.31. The predicted molar refractivity (Wildman–Crippen MR) is 116 cm³/mol. The molecule has 188 valence electrons. The molecule has 7 nitrogen and oxygen atoms in total. The van der Waals surface area contributed by atoms with E-state index in [4.69, 9.17) is 0 Å². The fraction of sp³-hybridized carbons (Fsp3) is 0.182. The van der Waals surface area contributed by atoms with Crippen molar-refractivity contribution in [3.8, 4) is 17.1 Å². The Morgan fingerprint density at radius 3 is 2.19 bits per heavy atom. The Kier molecular flexibility index (Phi) is 6.11. The van der Waals surface area contributed by atoms with E-state index in [9.17, 15) is 39.6 Å². The fourth-order valence-electron chi connectivity index (χ4n) is 3.36. The maximum Gasteiger partial charge on any atom is 0.416 e. The Balaban J connectivity index is 1.95. The van der Waals surface area contributed by atoms with Gasteiger partial charge in [-0.25, -0.2) is 8.42 Å². The molecule has 0 unspecified atom stereocenters. The Hall–Kier alpha value is -3.81. The van der Waals surface area contributed by atoms with Crippen molar-refractivity contribution < 1.29 is 34.8 Å². The summed E-state index contributed by atoms with van der Waals surface area (Å²) in [5.41, 5.74) is -3.52. The first-order valence-electron chi connectivity index (χ1n) is 10.1. The van der Waals surface area contributed by atoms with Gasteiger partial charge in [0.1, 0.15) is 4.90 Å². The van der Waals surface area contributed by atoms with Crippen molar-refractivity contribution in [1.82, 2.24) is 20.0 Å². The number of rotatable bonds is 4. The summed E-state index contributed by atoms with van der Waals surface area (Å²) < 4.78 is 105. The second kappa shape index (κ2) is 8.69. The average Bonchev–Trinajstić information content (AvgIpc) is 2.83. The van der Waals surface area contributed by atoms with Gasteiger partial charge < -0.3 is 0 Å². The SMILES string of the molecule is CCS(=O)(=O)c1cc(-c2cccc(C(F)(F)F)c2)nnc1-n1ncc2ccc(C(F)(F)F)cc2c1=O. The number of nitrogens with zero attached hydrogens (tertiary/aromatic N) is 4. The maximum atomic E-state index is 13.1. The lowest BCUT2D eigenvalue weighted by atomic mass is 10.1. The van der Waals surface area contributed by atoms with Crippen molar-refractivity contribution in [2.24, 2.45) is 0 Å². The van der Waals surface area contributed by atoms with Crippen molar-refractivity contribution in [2.45, 2.75) is 24.2 Å². The molecule has 0 aliphatic rings. The number of hydrogen-bond acceptors (Lipinski definition) is 6. The van der Waals surface area contributed by atoms with Crippen molar-refractivity contribution in [1.29, 1.82) is 0 Å². The van der Waals surface area contributed by atoms with Gasteiger partial charge in [-0.3, -0.25) is 4.79 Å². The van der Waals surface area contributed by atoms with Crippen LogP contribution >= 0.6 is 0 Å². The predicted octanol–water partition coefficient (Wildman–Crippen LogP) is 4.67. The van der Waals surface area contributed by atoms with Gasteiger partial charge in [0.25, 0.3) is 5.56 Å². The van der Waals surface area contributed by atoms with Gasteiger partial charge in [0.05, 0.1) is 34.2 Å². The highest BCUT2D eigenvalue weighted by molar-refractivity contribution is 7.91. The molecule has 2 heterocycles. The minimum Gasteiger partial charge on any atom is -0.267 e. The molecule has 0 saturated carbocycles. The number of halogens is 6. The molecule has 0 fully saturated rings. The number of fused-ring (bicyclic) bond motifs is 1. The zero-order chi connectivity index (χ0) is 26.5. The van der Waals surface area contributed by atoms with E-state index >= 15 is 0 Å². The van der Waals surface area contributed by atoms with Crippen LogP contribution in [0.3, 0.4) is 0 Å². The van der Waals surface area contributed by atoms with Crippen LogP contribution in [0.1, 0.15) is 18.1 Å². The number of alkyl halides is 6. The molecular formula is C22H14F6N4O3S. The molecule has 0 N–H and O–H groups in total. The normalized spacial score (nSPS) is 12.8. The maximum absolute atomic E-state index is 13.1. The summed E-state index contributed by atoms with van der Waals surface area (Å²) in [6.07, 6.45) is -8.35. The molecule has 36 heavy (non-hydrogen) atoms. The highest BCUT2D eigenvalue weighted by Gasteiger charge is 2.32. The smallest absolute Gasteiger partial charge is 0.267 e. The summed E-state index contributed by atoms with van der Waals surface area (Å²) in [5.74, 6) is -1.08. The van der Waals surface area contributed by atoms with E-state index in [-0.39, 0.29) is 16.6 Å². The van der Waals surface area contributed by atoms with E-state index in [0.29, 0.717) is 10.7 Å². The summed E-state index contributed by atoms with van der Waals surface area (Å²) in [6.45, 7) is 1.29. The van der Waals surface area contributed by atoms with E-state index in [1.54, 1.807) is 0 Å². The van der Waals surface area contributed by atoms with Gasteiger partial charge in [-0.1, -0.05) is 25.1 Å². The fourth-order valence-corrected chi connectivity index (χ4v) is 4.37. The van der Waals surface area contributed by atoms with Gasteiger partial charge >= 0.3 is 12.4 Å². The molecule has 2 aromatic carbocycles.